The first-order chi connectivity index (χ1) is 11.4. The van der Waals surface area contributed by atoms with E-state index in [4.69, 9.17) is 10.5 Å². The SMILES string of the molecule is Nc1ccc(C(=O)OCC(=O)Nc2cccc(I)c2)cc1[N+](=O)[O-]. The number of carbonyl (C=O) groups excluding carboxylic acids is 2. The molecule has 0 atom stereocenters. The van der Waals surface area contributed by atoms with E-state index in [0.717, 1.165) is 9.64 Å². The normalized spacial score (nSPS) is 10.0. The number of hydrogen-bond donors (Lipinski definition) is 2. The largest absolute Gasteiger partial charge is 0.452 e. The van der Waals surface area contributed by atoms with Crippen molar-refractivity contribution in [2.24, 2.45) is 0 Å². The Bertz CT molecular complexity index is 809. The summed E-state index contributed by atoms with van der Waals surface area (Å²) in [6.45, 7) is -0.511. The average molecular weight is 441 g/mol. The molecule has 0 aliphatic rings. The van der Waals surface area contributed by atoms with E-state index in [1.165, 1.54) is 12.1 Å². The summed E-state index contributed by atoms with van der Waals surface area (Å²) in [5.41, 5.74) is 5.51. The first-order valence-corrected chi connectivity index (χ1v) is 7.71. The van der Waals surface area contributed by atoms with Crippen molar-refractivity contribution in [3.05, 3.63) is 61.7 Å². The number of hydrogen-bond acceptors (Lipinski definition) is 6. The van der Waals surface area contributed by atoms with E-state index in [2.05, 4.69) is 27.9 Å². The Morgan fingerprint density at radius 3 is 2.67 bits per heavy atom. The Morgan fingerprint density at radius 1 is 1.25 bits per heavy atom. The van der Waals surface area contributed by atoms with Crippen LogP contribution in [0.15, 0.2) is 42.5 Å². The minimum atomic E-state index is -0.851. The molecule has 0 aromatic heterocycles. The second-order valence-corrected chi connectivity index (χ2v) is 5.91. The third kappa shape index (κ3) is 4.65. The number of rotatable bonds is 5. The summed E-state index contributed by atoms with van der Waals surface area (Å²) in [5.74, 6) is -1.37. The fourth-order valence-corrected chi connectivity index (χ4v) is 2.35. The summed E-state index contributed by atoms with van der Waals surface area (Å²) in [4.78, 5) is 33.7. The zero-order valence-corrected chi connectivity index (χ0v) is 14.3. The number of benzene rings is 2. The molecule has 24 heavy (non-hydrogen) atoms. The van der Waals surface area contributed by atoms with Gasteiger partial charge in [0, 0.05) is 15.3 Å². The molecule has 0 saturated heterocycles. The van der Waals surface area contributed by atoms with Crippen LogP contribution in [0.2, 0.25) is 0 Å². The van der Waals surface area contributed by atoms with Gasteiger partial charge in [0.2, 0.25) is 0 Å². The van der Waals surface area contributed by atoms with Gasteiger partial charge in [0.15, 0.2) is 6.61 Å². The molecule has 0 radical (unpaired) electrons. The molecule has 2 rings (SSSR count). The molecule has 0 spiro atoms. The van der Waals surface area contributed by atoms with Gasteiger partial charge in [-0.25, -0.2) is 4.79 Å². The van der Waals surface area contributed by atoms with E-state index >= 15 is 0 Å². The first-order valence-electron chi connectivity index (χ1n) is 6.63. The maximum atomic E-state index is 11.9. The van der Waals surface area contributed by atoms with E-state index in [0.29, 0.717) is 5.69 Å². The van der Waals surface area contributed by atoms with E-state index in [1.807, 2.05) is 6.07 Å². The van der Waals surface area contributed by atoms with Gasteiger partial charge in [-0.05, 0) is 52.9 Å². The highest BCUT2D eigenvalue weighted by Crippen LogP contribution is 2.22. The maximum absolute atomic E-state index is 11.9. The number of esters is 1. The Kier molecular flexibility index (Phi) is 5.68. The van der Waals surface area contributed by atoms with Gasteiger partial charge in [0.25, 0.3) is 11.6 Å². The number of nitrogens with two attached hydrogens (primary N) is 1. The Hall–Kier alpha value is -2.69. The van der Waals surface area contributed by atoms with Gasteiger partial charge < -0.3 is 15.8 Å². The van der Waals surface area contributed by atoms with Crippen LogP contribution >= 0.6 is 22.6 Å². The van der Waals surface area contributed by atoms with Gasteiger partial charge in [0.1, 0.15) is 5.69 Å². The predicted molar refractivity (Wildman–Crippen MR) is 95.6 cm³/mol. The number of anilines is 2. The summed E-state index contributed by atoms with van der Waals surface area (Å²) in [6, 6.07) is 10.6. The highest BCUT2D eigenvalue weighted by molar-refractivity contribution is 14.1. The number of carbonyl (C=O) groups is 2. The van der Waals surface area contributed by atoms with E-state index < -0.39 is 29.1 Å². The molecule has 0 bridgehead atoms. The second-order valence-electron chi connectivity index (χ2n) is 4.67. The van der Waals surface area contributed by atoms with E-state index in [1.54, 1.807) is 18.2 Å². The molecule has 2 aromatic rings. The maximum Gasteiger partial charge on any atom is 0.338 e. The minimum Gasteiger partial charge on any atom is -0.452 e. The van der Waals surface area contributed by atoms with Crippen LogP contribution in [0.3, 0.4) is 0 Å². The summed E-state index contributed by atoms with van der Waals surface area (Å²) >= 11 is 2.10. The highest BCUT2D eigenvalue weighted by atomic mass is 127. The average Bonchev–Trinajstić information content (AvgIpc) is 2.52. The van der Waals surface area contributed by atoms with Gasteiger partial charge in [-0.1, -0.05) is 6.07 Å². The lowest BCUT2D eigenvalue weighted by Crippen LogP contribution is -2.21. The van der Waals surface area contributed by atoms with Gasteiger partial charge >= 0.3 is 5.97 Å². The number of halogens is 1. The number of ether oxygens (including phenoxy) is 1. The van der Waals surface area contributed by atoms with Crippen LogP contribution in [0.4, 0.5) is 17.1 Å². The number of nitrogens with one attached hydrogen (secondary N) is 1. The van der Waals surface area contributed by atoms with E-state index in [-0.39, 0.29) is 11.3 Å². The summed E-state index contributed by atoms with van der Waals surface area (Å²) in [7, 11) is 0. The van der Waals surface area contributed by atoms with Crippen molar-refractivity contribution >= 4 is 51.5 Å². The van der Waals surface area contributed by atoms with Gasteiger partial charge in [0.05, 0.1) is 10.5 Å². The van der Waals surface area contributed by atoms with Crippen molar-refractivity contribution < 1.29 is 19.2 Å². The fourth-order valence-electron chi connectivity index (χ4n) is 1.81. The van der Waals surface area contributed by atoms with Crippen molar-refractivity contribution in [3.8, 4) is 0 Å². The number of nitro benzene ring substituents is 1. The molecule has 0 unspecified atom stereocenters. The topological polar surface area (TPSA) is 125 Å². The van der Waals surface area contributed by atoms with Crippen molar-refractivity contribution in [2.75, 3.05) is 17.7 Å². The Labute approximate surface area is 150 Å². The predicted octanol–water partition coefficient (Wildman–Crippen LogP) is 2.58. The van der Waals surface area contributed by atoms with Crippen LogP contribution in [0.1, 0.15) is 10.4 Å². The van der Waals surface area contributed by atoms with Crippen LogP contribution < -0.4 is 11.1 Å². The van der Waals surface area contributed by atoms with Crippen molar-refractivity contribution in [1.82, 2.24) is 0 Å². The zero-order chi connectivity index (χ0) is 17.7. The van der Waals surface area contributed by atoms with Crippen LogP contribution in [-0.4, -0.2) is 23.4 Å². The molecular weight excluding hydrogens is 429 g/mol. The molecule has 0 heterocycles. The summed E-state index contributed by atoms with van der Waals surface area (Å²) < 4.78 is 5.79. The molecule has 2 aromatic carbocycles. The molecule has 0 aliphatic heterocycles. The molecule has 1 amide bonds. The third-order valence-electron chi connectivity index (χ3n) is 2.91. The Balaban J connectivity index is 1.96. The number of nitro groups is 1. The van der Waals surface area contributed by atoms with Crippen molar-refractivity contribution in [2.45, 2.75) is 0 Å². The summed E-state index contributed by atoms with van der Waals surface area (Å²) in [6.07, 6.45) is 0. The number of nitrogens with zero attached hydrogens (tertiary/aromatic N) is 1. The quantitative estimate of drug-likeness (QED) is 0.242. The zero-order valence-electron chi connectivity index (χ0n) is 12.2. The Morgan fingerprint density at radius 2 is 2.00 bits per heavy atom. The van der Waals surface area contributed by atoms with E-state index in [9.17, 15) is 19.7 Å². The lowest BCUT2D eigenvalue weighted by molar-refractivity contribution is -0.383. The first kappa shape index (κ1) is 17.7. The summed E-state index contributed by atoms with van der Waals surface area (Å²) in [5, 5.41) is 13.4. The highest BCUT2D eigenvalue weighted by Gasteiger charge is 2.17. The van der Waals surface area contributed by atoms with Crippen LogP contribution in [0, 0.1) is 13.7 Å². The van der Waals surface area contributed by atoms with Gasteiger partial charge in [-0.3, -0.25) is 14.9 Å². The third-order valence-corrected chi connectivity index (χ3v) is 3.58. The number of amides is 1. The standard InChI is InChI=1S/C15H12IN3O5/c16-10-2-1-3-11(7-10)18-14(20)8-24-15(21)9-4-5-12(17)13(6-9)19(22)23/h1-7H,8,17H2,(H,18,20). The fraction of sp³-hybridized carbons (Fsp3) is 0.0667. The lowest BCUT2D eigenvalue weighted by Gasteiger charge is -2.07. The van der Waals surface area contributed by atoms with Crippen LogP contribution in [0.5, 0.6) is 0 Å². The van der Waals surface area contributed by atoms with Crippen LogP contribution in [-0.2, 0) is 9.53 Å². The van der Waals surface area contributed by atoms with Crippen molar-refractivity contribution in [3.63, 3.8) is 0 Å². The molecule has 124 valence electrons. The molecule has 0 fully saturated rings. The minimum absolute atomic E-state index is 0.0574. The monoisotopic (exact) mass is 441 g/mol. The van der Waals surface area contributed by atoms with Gasteiger partial charge in [-0.2, -0.15) is 0 Å². The second kappa shape index (κ2) is 7.73. The molecular formula is C15H12IN3O5. The molecule has 8 nitrogen and oxygen atoms in total. The molecule has 0 aliphatic carbocycles. The van der Waals surface area contributed by atoms with Crippen LogP contribution in [0.25, 0.3) is 0 Å². The lowest BCUT2D eigenvalue weighted by atomic mass is 10.2. The number of nitrogen functional groups attached to an aromatic ring is 1. The van der Waals surface area contributed by atoms with Gasteiger partial charge in [-0.15, -0.1) is 0 Å². The molecule has 3 N–H and O–H groups in total. The smallest absolute Gasteiger partial charge is 0.338 e. The molecule has 0 saturated carbocycles. The molecule has 9 heteroatoms. The van der Waals surface area contributed by atoms with Crippen molar-refractivity contribution in [1.29, 1.82) is 0 Å².